The number of ether oxygens (including phenoxy) is 1. The minimum atomic E-state index is -0.286. The Morgan fingerprint density at radius 2 is 1.73 bits per heavy atom. The largest absolute Gasteiger partial charge is 0.462 e. The van der Waals surface area contributed by atoms with Gasteiger partial charge in [-0.25, -0.2) is 9.78 Å². The number of carbonyl (C=O) groups is 1. The highest BCUT2D eigenvalue weighted by Crippen LogP contribution is 2.23. The Morgan fingerprint density at radius 3 is 2.46 bits per heavy atom. The summed E-state index contributed by atoms with van der Waals surface area (Å²) in [6.45, 7) is 5.70. The fourth-order valence-corrected chi connectivity index (χ4v) is 3.34. The Hall–Kier alpha value is -2.72. The Labute approximate surface area is 154 Å². The highest BCUT2D eigenvalue weighted by molar-refractivity contribution is 5.98. The third-order valence-electron chi connectivity index (χ3n) is 4.52. The monoisotopic (exact) mass is 349 g/mol. The molecule has 3 rings (SSSR count). The minimum Gasteiger partial charge on any atom is -0.462 e. The maximum absolute atomic E-state index is 12.6. The smallest absolute Gasteiger partial charge is 0.340 e. The van der Waals surface area contributed by atoms with Crippen LogP contribution in [0.1, 0.15) is 34.1 Å². The van der Waals surface area contributed by atoms with Crippen molar-refractivity contribution in [3.8, 4) is 0 Å². The minimum absolute atomic E-state index is 0.286. The molecular formula is C22H25N2O2+. The molecule has 2 aromatic carbocycles. The van der Waals surface area contributed by atoms with Gasteiger partial charge in [-0.3, -0.25) is 0 Å². The average molecular weight is 349 g/mol. The third kappa shape index (κ3) is 3.92. The molecule has 4 nitrogen and oxygen atoms in total. The first kappa shape index (κ1) is 18.1. The van der Waals surface area contributed by atoms with Gasteiger partial charge in [-0.05, 0) is 25.5 Å². The van der Waals surface area contributed by atoms with Crippen molar-refractivity contribution in [2.45, 2.75) is 26.9 Å². The molecule has 0 spiro atoms. The molecule has 134 valence electrons. The summed E-state index contributed by atoms with van der Waals surface area (Å²) in [7, 11) is 2.12. The second-order valence-corrected chi connectivity index (χ2v) is 6.59. The number of aromatic nitrogens is 1. The highest BCUT2D eigenvalue weighted by atomic mass is 16.5. The fraction of sp³-hybridized carbons (Fsp3) is 0.273. The summed E-state index contributed by atoms with van der Waals surface area (Å²) in [6, 6.07) is 18.3. The van der Waals surface area contributed by atoms with Crippen molar-refractivity contribution in [1.82, 2.24) is 4.98 Å². The lowest BCUT2D eigenvalue weighted by molar-refractivity contribution is -0.908. The normalized spacial score (nSPS) is 12.1. The number of hydrogen-bond donors (Lipinski definition) is 1. The Bertz CT molecular complexity index is 907. The summed E-state index contributed by atoms with van der Waals surface area (Å²) in [4.78, 5) is 18.7. The number of esters is 1. The molecule has 0 aliphatic heterocycles. The second kappa shape index (κ2) is 8.11. The molecule has 0 amide bonds. The van der Waals surface area contributed by atoms with E-state index in [0.29, 0.717) is 18.7 Å². The molecule has 0 aliphatic rings. The summed E-state index contributed by atoms with van der Waals surface area (Å²) >= 11 is 0. The number of nitrogens with zero attached hydrogens (tertiary/aromatic N) is 1. The van der Waals surface area contributed by atoms with E-state index >= 15 is 0 Å². The van der Waals surface area contributed by atoms with Gasteiger partial charge >= 0.3 is 5.97 Å². The number of pyridine rings is 1. The van der Waals surface area contributed by atoms with Gasteiger partial charge < -0.3 is 9.64 Å². The van der Waals surface area contributed by atoms with Gasteiger partial charge in [-0.15, -0.1) is 0 Å². The first-order chi connectivity index (χ1) is 12.6. The van der Waals surface area contributed by atoms with Crippen LogP contribution >= 0.6 is 0 Å². The molecule has 4 heteroatoms. The van der Waals surface area contributed by atoms with Crippen LogP contribution in [0.4, 0.5) is 0 Å². The predicted octanol–water partition coefficient (Wildman–Crippen LogP) is 2.93. The van der Waals surface area contributed by atoms with Crippen molar-refractivity contribution in [2.75, 3.05) is 13.7 Å². The number of para-hydroxylation sites is 1. The number of nitrogens with one attached hydrogen (secondary N) is 1. The molecular weight excluding hydrogens is 324 g/mol. The predicted molar refractivity (Wildman–Crippen MR) is 103 cm³/mol. The summed E-state index contributed by atoms with van der Waals surface area (Å²) in [6.07, 6.45) is 0. The molecule has 1 atom stereocenters. The van der Waals surface area contributed by atoms with Crippen LogP contribution in [0.3, 0.4) is 0 Å². The van der Waals surface area contributed by atoms with Crippen molar-refractivity contribution in [3.05, 3.63) is 77.0 Å². The molecule has 0 radical (unpaired) electrons. The van der Waals surface area contributed by atoms with Crippen LogP contribution in [-0.2, 0) is 17.8 Å². The van der Waals surface area contributed by atoms with Gasteiger partial charge in [-0.2, -0.15) is 0 Å². The van der Waals surface area contributed by atoms with Crippen molar-refractivity contribution < 1.29 is 14.4 Å². The fourth-order valence-electron chi connectivity index (χ4n) is 3.34. The van der Waals surface area contributed by atoms with Crippen LogP contribution < -0.4 is 4.90 Å². The molecule has 0 saturated heterocycles. The zero-order valence-corrected chi connectivity index (χ0v) is 15.6. The zero-order chi connectivity index (χ0) is 18.5. The van der Waals surface area contributed by atoms with Crippen LogP contribution in [0.15, 0.2) is 54.6 Å². The number of hydrogen-bond acceptors (Lipinski definition) is 3. The summed E-state index contributed by atoms with van der Waals surface area (Å²) in [5, 5.41) is 1.00. The van der Waals surface area contributed by atoms with E-state index in [1.54, 1.807) is 0 Å². The topological polar surface area (TPSA) is 43.6 Å². The van der Waals surface area contributed by atoms with E-state index in [2.05, 4.69) is 19.2 Å². The maximum Gasteiger partial charge on any atom is 0.340 e. The number of rotatable bonds is 6. The average Bonchev–Trinajstić information content (AvgIpc) is 2.63. The standard InChI is InChI=1S/C22H24N2O2/c1-4-26-22(25)21-16(2)18-12-8-9-13-19(18)23-20(21)15-24(3)14-17-10-6-5-7-11-17/h5-13H,4,14-15H2,1-3H3/p+1. The Balaban J connectivity index is 1.97. The van der Waals surface area contributed by atoms with Crippen molar-refractivity contribution >= 4 is 16.9 Å². The van der Waals surface area contributed by atoms with Gasteiger partial charge in [0.05, 0.1) is 24.7 Å². The lowest BCUT2D eigenvalue weighted by Crippen LogP contribution is -3.06. The van der Waals surface area contributed by atoms with Gasteiger partial charge in [0.1, 0.15) is 18.8 Å². The van der Waals surface area contributed by atoms with Gasteiger partial charge in [0.15, 0.2) is 0 Å². The van der Waals surface area contributed by atoms with E-state index in [1.165, 1.54) is 10.5 Å². The number of fused-ring (bicyclic) bond motifs is 1. The molecule has 1 aromatic heterocycles. The van der Waals surface area contributed by atoms with Gasteiger partial charge in [-0.1, -0.05) is 48.5 Å². The molecule has 0 fully saturated rings. The summed E-state index contributed by atoms with van der Waals surface area (Å²) < 4.78 is 5.31. The zero-order valence-electron chi connectivity index (χ0n) is 15.6. The van der Waals surface area contributed by atoms with E-state index < -0.39 is 0 Å². The SMILES string of the molecule is CCOC(=O)c1c(C[NH+](C)Cc2ccccc2)nc2ccccc2c1C. The lowest BCUT2D eigenvalue weighted by atomic mass is 10.0. The number of aryl methyl sites for hydroxylation is 1. The maximum atomic E-state index is 12.6. The van der Waals surface area contributed by atoms with Crippen LogP contribution in [0, 0.1) is 6.92 Å². The molecule has 1 unspecified atom stereocenters. The number of benzene rings is 2. The number of carbonyl (C=O) groups excluding carboxylic acids is 1. The molecule has 1 heterocycles. The van der Waals surface area contributed by atoms with Crippen LogP contribution in [-0.4, -0.2) is 24.6 Å². The van der Waals surface area contributed by atoms with Crippen molar-refractivity contribution in [3.63, 3.8) is 0 Å². The molecule has 3 aromatic rings. The van der Waals surface area contributed by atoms with Crippen molar-refractivity contribution in [1.29, 1.82) is 0 Å². The summed E-state index contributed by atoms with van der Waals surface area (Å²) in [5.74, 6) is -0.286. The molecule has 26 heavy (non-hydrogen) atoms. The molecule has 0 bridgehead atoms. The molecule has 1 N–H and O–H groups in total. The lowest BCUT2D eigenvalue weighted by Gasteiger charge is -2.18. The van der Waals surface area contributed by atoms with Gasteiger partial charge in [0.25, 0.3) is 0 Å². The van der Waals surface area contributed by atoms with Gasteiger partial charge in [0, 0.05) is 10.9 Å². The first-order valence-corrected chi connectivity index (χ1v) is 9.00. The Morgan fingerprint density at radius 1 is 1.04 bits per heavy atom. The quantitative estimate of drug-likeness (QED) is 0.696. The second-order valence-electron chi connectivity index (χ2n) is 6.59. The van der Waals surface area contributed by atoms with Crippen LogP contribution in [0.25, 0.3) is 10.9 Å². The first-order valence-electron chi connectivity index (χ1n) is 9.00. The van der Waals surface area contributed by atoms with Crippen LogP contribution in [0.5, 0.6) is 0 Å². The molecule has 0 saturated carbocycles. The van der Waals surface area contributed by atoms with E-state index in [1.807, 2.05) is 56.3 Å². The van der Waals surface area contributed by atoms with E-state index in [0.717, 1.165) is 28.7 Å². The van der Waals surface area contributed by atoms with E-state index in [-0.39, 0.29) is 5.97 Å². The van der Waals surface area contributed by atoms with Crippen LogP contribution in [0.2, 0.25) is 0 Å². The summed E-state index contributed by atoms with van der Waals surface area (Å²) in [5.41, 5.74) is 4.53. The highest BCUT2D eigenvalue weighted by Gasteiger charge is 2.22. The Kier molecular flexibility index (Phi) is 5.64. The molecule has 0 aliphatic carbocycles. The van der Waals surface area contributed by atoms with Gasteiger partial charge in [0.2, 0.25) is 0 Å². The van der Waals surface area contributed by atoms with E-state index in [4.69, 9.17) is 9.72 Å². The van der Waals surface area contributed by atoms with Crippen molar-refractivity contribution in [2.24, 2.45) is 0 Å². The van der Waals surface area contributed by atoms with E-state index in [9.17, 15) is 4.79 Å². The number of quaternary nitrogens is 1. The third-order valence-corrected chi connectivity index (χ3v) is 4.52.